The van der Waals surface area contributed by atoms with E-state index in [9.17, 15) is 4.79 Å². The first kappa shape index (κ1) is 18.9. The molecular weight excluding hydrogens is 406 g/mol. The van der Waals surface area contributed by atoms with Gasteiger partial charge in [-0.05, 0) is 42.7 Å². The smallest absolute Gasteiger partial charge is 0.274 e. The van der Waals surface area contributed by atoms with Crippen molar-refractivity contribution in [2.24, 2.45) is 0 Å². The van der Waals surface area contributed by atoms with Crippen molar-refractivity contribution in [3.8, 4) is 11.4 Å². The number of carbonyl (C=O) groups is 1. The van der Waals surface area contributed by atoms with Crippen LogP contribution in [0.2, 0.25) is 0 Å². The quantitative estimate of drug-likeness (QED) is 0.520. The fourth-order valence-corrected chi connectivity index (χ4v) is 4.37. The maximum absolute atomic E-state index is 13.2. The summed E-state index contributed by atoms with van der Waals surface area (Å²) in [6, 6.07) is 9.50. The topological polar surface area (TPSA) is 114 Å². The van der Waals surface area contributed by atoms with E-state index in [4.69, 9.17) is 4.52 Å². The summed E-state index contributed by atoms with van der Waals surface area (Å²) < 4.78 is 5.67. The van der Waals surface area contributed by atoms with Crippen LogP contribution in [0.4, 0.5) is 0 Å². The highest BCUT2D eigenvalue weighted by Crippen LogP contribution is 2.41. The number of pyridine rings is 2. The van der Waals surface area contributed by atoms with Gasteiger partial charge in [-0.1, -0.05) is 11.2 Å². The number of aromatic amines is 1. The molecule has 1 aliphatic carbocycles. The van der Waals surface area contributed by atoms with Crippen molar-refractivity contribution < 1.29 is 9.32 Å². The maximum atomic E-state index is 13.2. The van der Waals surface area contributed by atoms with Crippen molar-refractivity contribution in [1.82, 2.24) is 35.2 Å². The SMILES string of the molecule is O=C(c1cc(C2CC2)[nH]n1)N1CC(c2cccnc2)C(c2nc(-c3ccncc3)no2)C1. The van der Waals surface area contributed by atoms with Crippen molar-refractivity contribution in [1.29, 1.82) is 0 Å². The number of hydrogen-bond donors (Lipinski definition) is 1. The number of aromatic nitrogens is 6. The van der Waals surface area contributed by atoms with E-state index < -0.39 is 0 Å². The third kappa shape index (κ3) is 3.45. The summed E-state index contributed by atoms with van der Waals surface area (Å²) in [6.45, 7) is 1.01. The minimum absolute atomic E-state index is 0.000217. The molecule has 9 nitrogen and oxygen atoms in total. The number of hydrogen-bond acceptors (Lipinski definition) is 7. The van der Waals surface area contributed by atoms with E-state index in [2.05, 4.69) is 30.3 Å². The van der Waals surface area contributed by atoms with Crippen LogP contribution in [0.5, 0.6) is 0 Å². The molecule has 32 heavy (non-hydrogen) atoms. The molecule has 0 bridgehead atoms. The number of carbonyl (C=O) groups excluding carboxylic acids is 1. The summed E-state index contributed by atoms with van der Waals surface area (Å²) in [7, 11) is 0. The van der Waals surface area contributed by atoms with Gasteiger partial charge in [0.2, 0.25) is 11.7 Å². The second-order valence-corrected chi connectivity index (χ2v) is 8.38. The van der Waals surface area contributed by atoms with Gasteiger partial charge in [0.1, 0.15) is 5.69 Å². The maximum Gasteiger partial charge on any atom is 0.274 e. The highest BCUT2D eigenvalue weighted by atomic mass is 16.5. The molecule has 6 rings (SSSR count). The van der Waals surface area contributed by atoms with Crippen LogP contribution in [0.25, 0.3) is 11.4 Å². The Bertz CT molecular complexity index is 1230. The lowest BCUT2D eigenvalue weighted by Crippen LogP contribution is -2.29. The Morgan fingerprint density at radius 2 is 1.91 bits per heavy atom. The second-order valence-electron chi connectivity index (χ2n) is 8.38. The molecule has 160 valence electrons. The number of rotatable bonds is 5. The van der Waals surface area contributed by atoms with Crippen LogP contribution in [-0.2, 0) is 0 Å². The Hall–Kier alpha value is -3.88. The fraction of sp³-hybridized carbons (Fsp3) is 0.304. The number of nitrogens with one attached hydrogen (secondary N) is 1. The monoisotopic (exact) mass is 427 g/mol. The van der Waals surface area contributed by atoms with Gasteiger partial charge in [0.15, 0.2) is 0 Å². The standard InChI is InChI=1S/C23H21N7O2/c31-23(20-10-19(27-28-20)14-3-4-14)30-12-17(16-2-1-7-25-11-16)18(13-30)22-26-21(29-32-22)15-5-8-24-9-6-15/h1-2,5-11,14,17-18H,3-4,12-13H2,(H,27,28). The van der Waals surface area contributed by atoms with Gasteiger partial charge in [0.05, 0.1) is 5.92 Å². The molecule has 4 aromatic heterocycles. The van der Waals surface area contributed by atoms with Crippen molar-refractivity contribution in [2.75, 3.05) is 13.1 Å². The van der Waals surface area contributed by atoms with Gasteiger partial charge in [-0.25, -0.2) is 0 Å². The molecular formula is C23H21N7O2. The van der Waals surface area contributed by atoms with E-state index in [-0.39, 0.29) is 17.7 Å². The van der Waals surface area contributed by atoms with Crippen LogP contribution < -0.4 is 0 Å². The van der Waals surface area contributed by atoms with Gasteiger partial charge in [0.25, 0.3) is 5.91 Å². The summed E-state index contributed by atoms with van der Waals surface area (Å²) in [5.41, 5.74) is 3.38. The van der Waals surface area contributed by atoms with Gasteiger partial charge in [-0.2, -0.15) is 10.1 Å². The van der Waals surface area contributed by atoms with Gasteiger partial charge in [-0.3, -0.25) is 19.9 Å². The third-order valence-electron chi connectivity index (χ3n) is 6.25. The molecule has 2 atom stereocenters. The van der Waals surface area contributed by atoms with Gasteiger partial charge in [-0.15, -0.1) is 0 Å². The number of likely N-dealkylation sites (tertiary alicyclic amines) is 1. The lowest BCUT2D eigenvalue weighted by atomic mass is 9.90. The zero-order valence-corrected chi connectivity index (χ0v) is 17.3. The minimum Gasteiger partial charge on any atom is -0.339 e. The summed E-state index contributed by atoms with van der Waals surface area (Å²) in [6.07, 6.45) is 9.28. The van der Waals surface area contributed by atoms with Crippen molar-refractivity contribution >= 4 is 5.91 Å². The lowest BCUT2D eigenvalue weighted by molar-refractivity contribution is 0.0782. The predicted octanol–water partition coefficient (Wildman–Crippen LogP) is 3.15. The molecule has 2 aliphatic rings. The molecule has 1 saturated heterocycles. The van der Waals surface area contributed by atoms with Crippen molar-refractivity contribution in [2.45, 2.75) is 30.6 Å². The zero-order chi connectivity index (χ0) is 21.5. The molecule has 9 heteroatoms. The van der Waals surface area contributed by atoms with Crippen LogP contribution in [0.15, 0.2) is 59.6 Å². The van der Waals surface area contributed by atoms with Crippen LogP contribution in [-0.4, -0.2) is 54.2 Å². The Morgan fingerprint density at radius 3 is 2.69 bits per heavy atom. The van der Waals surface area contributed by atoms with Crippen molar-refractivity contribution in [3.63, 3.8) is 0 Å². The average Bonchev–Trinajstić information content (AvgIpc) is 3.24. The van der Waals surface area contributed by atoms with E-state index in [1.807, 2.05) is 41.4 Å². The van der Waals surface area contributed by atoms with Crippen LogP contribution >= 0.6 is 0 Å². The number of H-pyrrole nitrogens is 1. The molecule has 2 fully saturated rings. The Labute approximate surface area is 183 Å². The molecule has 5 heterocycles. The fourth-order valence-electron chi connectivity index (χ4n) is 4.37. The van der Waals surface area contributed by atoms with Crippen molar-refractivity contribution in [3.05, 3.63) is 78.0 Å². The minimum atomic E-state index is -0.131. The van der Waals surface area contributed by atoms with E-state index in [1.54, 1.807) is 18.6 Å². The molecule has 1 saturated carbocycles. The Balaban J connectivity index is 1.30. The first-order chi connectivity index (χ1) is 15.8. The second kappa shape index (κ2) is 7.67. The first-order valence-corrected chi connectivity index (χ1v) is 10.7. The molecule has 1 amide bonds. The van der Waals surface area contributed by atoms with Gasteiger partial charge >= 0.3 is 0 Å². The normalized spacial score (nSPS) is 20.6. The van der Waals surface area contributed by atoms with Crippen LogP contribution in [0.3, 0.4) is 0 Å². The molecule has 0 aromatic carbocycles. The molecule has 2 unspecified atom stereocenters. The Kier molecular flexibility index (Phi) is 4.52. The summed E-state index contributed by atoms with van der Waals surface area (Å²) in [5, 5.41) is 11.5. The third-order valence-corrected chi connectivity index (χ3v) is 6.25. The molecule has 1 aliphatic heterocycles. The molecule has 1 N–H and O–H groups in total. The summed E-state index contributed by atoms with van der Waals surface area (Å²) in [5.74, 6) is 1.33. The predicted molar refractivity (Wildman–Crippen MR) is 114 cm³/mol. The highest BCUT2D eigenvalue weighted by molar-refractivity contribution is 5.92. The van der Waals surface area contributed by atoms with E-state index >= 15 is 0 Å². The number of nitrogens with zero attached hydrogens (tertiary/aromatic N) is 6. The van der Waals surface area contributed by atoms with Crippen LogP contribution in [0.1, 0.15) is 58.2 Å². The highest BCUT2D eigenvalue weighted by Gasteiger charge is 2.41. The van der Waals surface area contributed by atoms with E-state index in [0.29, 0.717) is 36.4 Å². The van der Waals surface area contributed by atoms with Gasteiger partial charge < -0.3 is 9.42 Å². The number of amides is 1. The van der Waals surface area contributed by atoms with E-state index in [0.717, 1.165) is 29.7 Å². The molecule has 4 aromatic rings. The van der Waals surface area contributed by atoms with E-state index in [1.165, 1.54) is 0 Å². The zero-order valence-electron chi connectivity index (χ0n) is 17.3. The molecule has 0 spiro atoms. The summed E-state index contributed by atoms with van der Waals surface area (Å²) in [4.78, 5) is 28.0. The largest absolute Gasteiger partial charge is 0.339 e. The average molecular weight is 427 g/mol. The van der Waals surface area contributed by atoms with Gasteiger partial charge in [0, 0.05) is 61.0 Å². The first-order valence-electron chi connectivity index (χ1n) is 10.7. The lowest BCUT2D eigenvalue weighted by Gasteiger charge is -2.15. The van der Waals surface area contributed by atoms with Crippen LogP contribution in [0, 0.1) is 0 Å². The summed E-state index contributed by atoms with van der Waals surface area (Å²) >= 11 is 0. The Morgan fingerprint density at radius 1 is 1.06 bits per heavy atom. The molecule has 0 radical (unpaired) electrons.